The van der Waals surface area contributed by atoms with Crippen LogP contribution in [0, 0.1) is 6.92 Å². The SMILES string of the molecule is Cc1ccc(N2CCN(C)CC2)cc1C(=O)N[C@H](C)c1cncc(Br)c1. The summed E-state index contributed by atoms with van der Waals surface area (Å²) < 4.78 is 0.907. The maximum absolute atomic E-state index is 12.9. The lowest BCUT2D eigenvalue weighted by Crippen LogP contribution is -2.44. The number of aryl methyl sites for hydroxylation is 1. The van der Waals surface area contributed by atoms with Crippen molar-refractivity contribution in [3.63, 3.8) is 0 Å². The van der Waals surface area contributed by atoms with E-state index in [1.807, 2.05) is 32.0 Å². The van der Waals surface area contributed by atoms with Gasteiger partial charge in [-0.25, -0.2) is 0 Å². The summed E-state index contributed by atoms with van der Waals surface area (Å²) in [5.74, 6) is -0.0500. The van der Waals surface area contributed by atoms with E-state index in [4.69, 9.17) is 0 Å². The first-order valence-electron chi connectivity index (χ1n) is 8.89. The molecule has 2 heterocycles. The van der Waals surface area contributed by atoms with Crippen molar-refractivity contribution >= 4 is 27.5 Å². The van der Waals surface area contributed by atoms with Gasteiger partial charge in [0.2, 0.25) is 0 Å². The molecule has 1 saturated heterocycles. The van der Waals surface area contributed by atoms with Crippen LogP contribution >= 0.6 is 15.9 Å². The average molecular weight is 417 g/mol. The molecule has 3 rings (SSSR count). The number of halogens is 1. The molecule has 1 fully saturated rings. The Balaban J connectivity index is 1.75. The van der Waals surface area contributed by atoms with Crippen LogP contribution in [-0.4, -0.2) is 49.0 Å². The molecule has 26 heavy (non-hydrogen) atoms. The lowest BCUT2D eigenvalue weighted by molar-refractivity contribution is 0.0939. The molecule has 0 radical (unpaired) electrons. The Morgan fingerprint density at radius 3 is 2.62 bits per heavy atom. The van der Waals surface area contributed by atoms with E-state index >= 15 is 0 Å². The molecule has 0 bridgehead atoms. The van der Waals surface area contributed by atoms with Gasteiger partial charge in [-0.15, -0.1) is 0 Å². The van der Waals surface area contributed by atoms with Crippen molar-refractivity contribution in [1.82, 2.24) is 15.2 Å². The van der Waals surface area contributed by atoms with Crippen LogP contribution in [0.15, 0.2) is 41.1 Å². The Morgan fingerprint density at radius 2 is 1.92 bits per heavy atom. The predicted octanol–water partition coefficient (Wildman–Crippen LogP) is 3.40. The number of nitrogens with zero attached hydrogens (tertiary/aromatic N) is 3. The quantitative estimate of drug-likeness (QED) is 0.829. The lowest BCUT2D eigenvalue weighted by atomic mass is 10.0. The molecular formula is C20H25BrN4O. The largest absolute Gasteiger partial charge is 0.369 e. The van der Waals surface area contributed by atoms with Crippen LogP contribution in [0.25, 0.3) is 0 Å². The van der Waals surface area contributed by atoms with E-state index in [0.29, 0.717) is 0 Å². The Bertz CT molecular complexity index is 787. The topological polar surface area (TPSA) is 48.5 Å². The molecule has 1 amide bonds. The number of aromatic nitrogens is 1. The van der Waals surface area contributed by atoms with Gasteiger partial charge in [0.05, 0.1) is 6.04 Å². The van der Waals surface area contributed by atoms with Crippen LogP contribution < -0.4 is 10.2 Å². The van der Waals surface area contributed by atoms with Crippen LogP contribution in [0.5, 0.6) is 0 Å². The molecule has 1 aliphatic heterocycles. The molecule has 138 valence electrons. The number of hydrogen-bond donors (Lipinski definition) is 1. The minimum absolute atomic E-state index is 0.0500. The second-order valence-electron chi connectivity index (χ2n) is 6.92. The van der Waals surface area contributed by atoms with Gasteiger partial charge in [0, 0.05) is 54.3 Å². The summed E-state index contributed by atoms with van der Waals surface area (Å²) in [6.45, 7) is 8.02. The lowest BCUT2D eigenvalue weighted by Gasteiger charge is -2.34. The molecule has 0 aliphatic carbocycles. The number of pyridine rings is 1. The number of benzene rings is 1. The molecule has 1 N–H and O–H groups in total. The first-order valence-corrected chi connectivity index (χ1v) is 9.69. The fraction of sp³-hybridized carbons (Fsp3) is 0.400. The summed E-state index contributed by atoms with van der Waals surface area (Å²) in [7, 11) is 2.14. The van der Waals surface area contributed by atoms with Crippen LogP contribution in [0.4, 0.5) is 5.69 Å². The Hall–Kier alpha value is -1.92. The molecule has 0 unspecified atom stereocenters. The monoisotopic (exact) mass is 416 g/mol. The van der Waals surface area contributed by atoms with Gasteiger partial charge in [-0.05, 0) is 66.2 Å². The third-order valence-corrected chi connectivity index (χ3v) is 5.34. The van der Waals surface area contributed by atoms with E-state index in [1.54, 1.807) is 12.4 Å². The number of piperazine rings is 1. The third kappa shape index (κ3) is 4.43. The molecule has 0 saturated carbocycles. The Kier molecular flexibility index (Phi) is 5.94. The molecule has 6 heteroatoms. The van der Waals surface area contributed by atoms with E-state index in [9.17, 15) is 4.79 Å². The van der Waals surface area contributed by atoms with E-state index in [0.717, 1.165) is 53.0 Å². The molecule has 1 aromatic heterocycles. The second kappa shape index (κ2) is 8.18. The van der Waals surface area contributed by atoms with Crippen molar-refractivity contribution in [3.8, 4) is 0 Å². The zero-order valence-electron chi connectivity index (χ0n) is 15.5. The number of rotatable bonds is 4. The van der Waals surface area contributed by atoms with Crippen LogP contribution in [0.3, 0.4) is 0 Å². The van der Waals surface area contributed by atoms with Crippen molar-refractivity contribution in [3.05, 3.63) is 57.8 Å². The van der Waals surface area contributed by atoms with Gasteiger partial charge in [-0.3, -0.25) is 9.78 Å². The highest BCUT2D eigenvalue weighted by Crippen LogP contribution is 2.22. The standard InChI is InChI=1S/C20H25BrN4O/c1-14-4-5-18(25-8-6-24(3)7-9-25)11-19(14)20(26)23-15(2)16-10-17(21)13-22-12-16/h4-5,10-13,15H,6-9H2,1-3H3,(H,23,26)/t15-/m1/s1. The van der Waals surface area contributed by atoms with E-state index in [2.05, 4.69) is 49.1 Å². The first kappa shape index (κ1) is 18.9. The van der Waals surface area contributed by atoms with Crippen molar-refractivity contribution in [2.24, 2.45) is 0 Å². The zero-order valence-corrected chi connectivity index (χ0v) is 17.1. The third-order valence-electron chi connectivity index (χ3n) is 4.91. The molecule has 0 spiro atoms. The summed E-state index contributed by atoms with van der Waals surface area (Å²) in [5.41, 5.74) is 3.81. The van der Waals surface area contributed by atoms with Gasteiger partial charge < -0.3 is 15.1 Å². The number of carbonyl (C=O) groups is 1. The number of amides is 1. The van der Waals surface area contributed by atoms with Gasteiger partial charge in [-0.1, -0.05) is 6.07 Å². The minimum Gasteiger partial charge on any atom is -0.369 e. The Morgan fingerprint density at radius 1 is 1.19 bits per heavy atom. The van der Waals surface area contributed by atoms with Crippen molar-refractivity contribution in [2.45, 2.75) is 19.9 Å². The van der Waals surface area contributed by atoms with Crippen LogP contribution in [0.2, 0.25) is 0 Å². The highest BCUT2D eigenvalue weighted by Gasteiger charge is 2.18. The highest BCUT2D eigenvalue weighted by molar-refractivity contribution is 9.10. The normalized spacial score (nSPS) is 16.4. The average Bonchev–Trinajstić information content (AvgIpc) is 2.62. The van der Waals surface area contributed by atoms with E-state index < -0.39 is 0 Å². The van der Waals surface area contributed by atoms with E-state index in [-0.39, 0.29) is 11.9 Å². The predicted molar refractivity (Wildman–Crippen MR) is 109 cm³/mol. The number of carbonyl (C=O) groups excluding carboxylic acids is 1. The van der Waals surface area contributed by atoms with Crippen molar-refractivity contribution in [1.29, 1.82) is 0 Å². The van der Waals surface area contributed by atoms with Crippen LogP contribution in [-0.2, 0) is 0 Å². The van der Waals surface area contributed by atoms with Crippen molar-refractivity contribution < 1.29 is 4.79 Å². The number of nitrogens with one attached hydrogen (secondary N) is 1. The summed E-state index contributed by atoms with van der Waals surface area (Å²) in [6.07, 6.45) is 3.52. The fourth-order valence-electron chi connectivity index (χ4n) is 3.14. The molecular weight excluding hydrogens is 392 g/mol. The van der Waals surface area contributed by atoms with Crippen LogP contribution in [0.1, 0.15) is 34.5 Å². The number of likely N-dealkylation sites (N-methyl/N-ethyl adjacent to an activating group) is 1. The molecule has 1 aliphatic rings. The van der Waals surface area contributed by atoms with Gasteiger partial charge in [-0.2, -0.15) is 0 Å². The van der Waals surface area contributed by atoms with Gasteiger partial charge in [0.1, 0.15) is 0 Å². The maximum atomic E-state index is 12.9. The number of hydrogen-bond acceptors (Lipinski definition) is 4. The summed E-state index contributed by atoms with van der Waals surface area (Å²) in [6, 6.07) is 8.03. The van der Waals surface area contributed by atoms with E-state index in [1.165, 1.54) is 0 Å². The first-order chi connectivity index (χ1) is 12.4. The zero-order chi connectivity index (χ0) is 18.7. The molecule has 1 aromatic carbocycles. The maximum Gasteiger partial charge on any atom is 0.252 e. The summed E-state index contributed by atoms with van der Waals surface area (Å²) in [4.78, 5) is 21.7. The van der Waals surface area contributed by atoms with Gasteiger partial charge in [0.15, 0.2) is 0 Å². The molecule has 2 aromatic rings. The minimum atomic E-state index is -0.112. The molecule has 1 atom stereocenters. The van der Waals surface area contributed by atoms with Crippen molar-refractivity contribution in [2.75, 3.05) is 38.1 Å². The highest BCUT2D eigenvalue weighted by atomic mass is 79.9. The van der Waals surface area contributed by atoms with Gasteiger partial charge >= 0.3 is 0 Å². The second-order valence-corrected chi connectivity index (χ2v) is 7.84. The summed E-state index contributed by atoms with van der Waals surface area (Å²) in [5, 5.41) is 3.09. The van der Waals surface area contributed by atoms with Gasteiger partial charge in [0.25, 0.3) is 5.91 Å². The molecule has 5 nitrogen and oxygen atoms in total. The summed E-state index contributed by atoms with van der Waals surface area (Å²) >= 11 is 3.43. The fourth-order valence-corrected chi connectivity index (χ4v) is 3.52. The Labute approximate surface area is 163 Å². The smallest absolute Gasteiger partial charge is 0.252 e. The number of anilines is 1.